The molecule has 0 aromatic carbocycles. The summed E-state index contributed by atoms with van der Waals surface area (Å²) in [5, 5.41) is 0. The monoisotopic (exact) mass is 192 g/mol. The maximum absolute atomic E-state index is 4.28. The molecule has 2 heterocycles. The van der Waals surface area contributed by atoms with Crippen molar-refractivity contribution in [1.82, 2.24) is 14.9 Å². The molecule has 1 aliphatic heterocycles. The van der Waals surface area contributed by atoms with E-state index in [1.54, 1.807) is 12.5 Å². The Kier molecular flexibility index (Phi) is 2.63. The Hall–Kier alpha value is -1.16. The van der Waals surface area contributed by atoms with Crippen molar-refractivity contribution in [2.75, 3.05) is 25.5 Å². The molecular weight excluding hydrogens is 176 g/mol. The lowest BCUT2D eigenvalue weighted by Gasteiger charge is -2.30. The van der Waals surface area contributed by atoms with Gasteiger partial charge in [-0.25, -0.2) is 9.97 Å². The van der Waals surface area contributed by atoms with E-state index in [2.05, 4.69) is 33.9 Å². The Morgan fingerprint density at radius 1 is 1.50 bits per heavy atom. The van der Waals surface area contributed by atoms with Crippen molar-refractivity contribution in [1.29, 1.82) is 0 Å². The fourth-order valence-electron chi connectivity index (χ4n) is 2.01. The summed E-state index contributed by atoms with van der Waals surface area (Å²) in [6.07, 6.45) is 6.36. The highest BCUT2D eigenvalue weighted by Gasteiger charge is 2.26. The van der Waals surface area contributed by atoms with Gasteiger partial charge in [-0.15, -0.1) is 0 Å². The second-order valence-corrected chi connectivity index (χ2v) is 3.85. The zero-order chi connectivity index (χ0) is 9.97. The van der Waals surface area contributed by atoms with E-state index in [9.17, 15) is 0 Å². The van der Waals surface area contributed by atoms with Crippen molar-refractivity contribution in [2.24, 2.45) is 0 Å². The predicted molar refractivity (Wildman–Crippen MR) is 56.1 cm³/mol. The predicted octanol–water partition coefficient (Wildman–Crippen LogP) is 0.964. The first kappa shape index (κ1) is 9.40. The first-order valence-electron chi connectivity index (χ1n) is 4.98. The van der Waals surface area contributed by atoms with Crippen LogP contribution in [0.3, 0.4) is 0 Å². The molecule has 0 amide bonds. The van der Waals surface area contributed by atoms with Gasteiger partial charge in [0, 0.05) is 12.7 Å². The van der Waals surface area contributed by atoms with Gasteiger partial charge in [0.15, 0.2) is 0 Å². The Bertz CT molecular complexity index is 285. The van der Waals surface area contributed by atoms with Crippen molar-refractivity contribution >= 4 is 5.82 Å². The molecule has 1 aromatic rings. The topological polar surface area (TPSA) is 32.3 Å². The fourth-order valence-corrected chi connectivity index (χ4v) is 2.01. The first-order valence-corrected chi connectivity index (χ1v) is 4.98. The van der Waals surface area contributed by atoms with E-state index in [0.717, 1.165) is 12.4 Å². The Morgan fingerprint density at radius 2 is 2.36 bits per heavy atom. The molecule has 1 saturated heterocycles. The van der Waals surface area contributed by atoms with Gasteiger partial charge in [0.05, 0.1) is 6.17 Å². The van der Waals surface area contributed by atoms with Gasteiger partial charge in [0.2, 0.25) is 0 Å². The van der Waals surface area contributed by atoms with Crippen LogP contribution in [0.5, 0.6) is 0 Å². The van der Waals surface area contributed by atoms with E-state index in [0.29, 0.717) is 6.17 Å². The van der Waals surface area contributed by atoms with Crippen molar-refractivity contribution in [2.45, 2.75) is 19.0 Å². The summed E-state index contributed by atoms with van der Waals surface area (Å²) < 4.78 is 0. The van der Waals surface area contributed by atoms with Crippen LogP contribution in [0.4, 0.5) is 5.82 Å². The molecule has 2 rings (SSSR count). The number of hydrogen-bond donors (Lipinski definition) is 0. The minimum atomic E-state index is 0.491. The maximum atomic E-state index is 4.28. The smallest absolute Gasteiger partial charge is 0.133 e. The van der Waals surface area contributed by atoms with Crippen LogP contribution in [-0.4, -0.2) is 41.7 Å². The molecular formula is C10H16N4. The van der Waals surface area contributed by atoms with Gasteiger partial charge < -0.3 is 4.90 Å². The molecule has 0 aliphatic carbocycles. The molecule has 1 unspecified atom stereocenters. The lowest BCUT2D eigenvalue weighted by Crippen LogP contribution is -2.40. The van der Waals surface area contributed by atoms with E-state index >= 15 is 0 Å². The van der Waals surface area contributed by atoms with Crippen molar-refractivity contribution in [3.8, 4) is 0 Å². The second kappa shape index (κ2) is 3.92. The zero-order valence-electron chi connectivity index (χ0n) is 8.72. The molecule has 14 heavy (non-hydrogen) atoms. The van der Waals surface area contributed by atoms with Crippen LogP contribution in [0.1, 0.15) is 12.8 Å². The normalized spacial score (nSPS) is 21.9. The molecule has 76 valence electrons. The summed E-state index contributed by atoms with van der Waals surface area (Å²) in [6, 6.07) is 1.97. The number of aromatic nitrogens is 2. The van der Waals surface area contributed by atoms with Gasteiger partial charge in [0.1, 0.15) is 12.1 Å². The average Bonchev–Trinajstić information content (AvgIpc) is 2.67. The van der Waals surface area contributed by atoms with Gasteiger partial charge in [-0.2, -0.15) is 0 Å². The third-order valence-electron chi connectivity index (χ3n) is 2.68. The fraction of sp³-hybridized carbons (Fsp3) is 0.600. The van der Waals surface area contributed by atoms with Crippen molar-refractivity contribution in [3.63, 3.8) is 0 Å². The highest BCUT2D eigenvalue weighted by molar-refractivity contribution is 5.38. The molecule has 0 radical (unpaired) electrons. The first-order chi connectivity index (χ1) is 6.79. The minimum absolute atomic E-state index is 0.491. The summed E-state index contributed by atoms with van der Waals surface area (Å²) >= 11 is 0. The van der Waals surface area contributed by atoms with Gasteiger partial charge >= 0.3 is 0 Å². The SMILES string of the molecule is CN(C)C1CCCN1c1ccncn1. The van der Waals surface area contributed by atoms with Crippen LogP contribution in [0.25, 0.3) is 0 Å². The van der Waals surface area contributed by atoms with Crippen molar-refractivity contribution < 1.29 is 0 Å². The standard InChI is InChI=1S/C10H16N4/c1-13(2)10-4-3-7-14(10)9-5-6-11-8-12-9/h5-6,8,10H,3-4,7H2,1-2H3. The Morgan fingerprint density at radius 3 is 3.00 bits per heavy atom. The molecule has 4 nitrogen and oxygen atoms in total. The summed E-state index contributed by atoms with van der Waals surface area (Å²) in [7, 11) is 4.23. The molecule has 1 atom stereocenters. The molecule has 0 spiro atoms. The molecule has 0 saturated carbocycles. The van der Waals surface area contributed by atoms with Crippen LogP contribution in [0.2, 0.25) is 0 Å². The van der Waals surface area contributed by atoms with E-state index in [-0.39, 0.29) is 0 Å². The molecule has 0 bridgehead atoms. The molecule has 4 heteroatoms. The van der Waals surface area contributed by atoms with Crippen LogP contribution in [0.15, 0.2) is 18.6 Å². The minimum Gasteiger partial charge on any atom is -0.341 e. The molecule has 1 aliphatic rings. The zero-order valence-corrected chi connectivity index (χ0v) is 8.72. The molecule has 1 fully saturated rings. The number of hydrogen-bond acceptors (Lipinski definition) is 4. The van der Waals surface area contributed by atoms with E-state index in [1.807, 2.05) is 6.07 Å². The largest absolute Gasteiger partial charge is 0.341 e. The molecule has 1 aromatic heterocycles. The lowest BCUT2D eigenvalue weighted by atomic mass is 10.3. The third kappa shape index (κ3) is 1.70. The molecule has 0 N–H and O–H groups in total. The van der Waals surface area contributed by atoms with E-state index < -0.39 is 0 Å². The summed E-state index contributed by atoms with van der Waals surface area (Å²) in [6.45, 7) is 1.10. The Balaban J connectivity index is 2.18. The van der Waals surface area contributed by atoms with Crippen LogP contribution >= 0.6 is 0 Å². The van der Waals surface area contributed by atoms with Gasteiger partial charge in [0.25, 0.3) is 0 Å². The van der Waals surface area contributed by atoms with Crippen LogP contribution in [0, 0.1) is 0 Å². The van der Waals surface area contributed by atoms with Gasteiger partial charge in [-0.05, 0) is 33.0 Å². The van der Waals surface area contributed by atoms with Crippen molar-refractivity contribution in [3.05, 3.63) is 18.6 Å². The highest BCUT2D eigenvalue weighted by atomic mass is 15.4. The number of rotatable bonds is 2. The highest BCUT2D eigenvalue weighted by Crippen LogP contribution is 2.23. The van der Waals surface area contributed by atoms with Gasteiger partial charge in [-0.3, -0.25) is 4.90 Å². The van der Waals surface area contributed by atoms with Crippen LogP contribution < -0.4 is 4.90 Å². The summed E-state index contributed by atoms with van der Waals surface area (Å²) in [5.41, 5.74) is 0. The number of nitrogens with zero attached hydrogens (tertiary/aromatic N) is 4. The maximum Gasteiger partial charge on any atom is 0.133 e. The lowest BCUT2D eigenvalue weighted by molar-refractivity contribution is 0.300. The van der Waals surface area contributed by atoms with Gasteiger partial charge in [-0.1, -0.05) is 0 Å². The van der Waals surface area contributed by atoms with E-state index in [4.69, 9.17) is 0 Å². The quantitative estimate of drug-likeness (QED) is 0.698. The number of anilines is 1. The Labute approximate surface area is 84.6 Å². The third-order valence-corrected chi connectivity index (χ3v) is 2.68. The second-order valence-electron chi connectivity index (χ2n) is 3.85. The summed E-state index contributed by atoms with van der Waals surface area (Å²) in [5.74, 6) is 1.04. The summed E-state index contributed by atoms with van der Waals surface area (Å²) in [4.78, 5) is 12.8. The average molecular weight is 192 g/mol. The van der Waals surface area contributed by atoms with E-state index in [1.165, 1.54) is 12.8 Å². The van der Waals surface area contributed by atoms with Crippen LogP contribution in [-0.2, 0) is 0 Å².